The second-order valence-electron chi connectivity index (χ2n) is 8.27. The van der Waals surface area contributed by atoms with E-state index in [2.05, 4.69) is 65.3 Å². The number of nitrogens with zero attached hydrogens (tertiary/aromatic N) is 1. The van der Waals surface area contributed by atoms with Gasteiger partial charge in [-0.1, -0.05) is 37.6 Å². The molecule has 3 aliphatic rings. The first-order valence-electron chi connectivity index (χ1n) is 10.7. The molecule has 3 heteroatoms. The first-order valence-corrected chi connectivity index (χ1v) is 11.7. The molecule has 1 fully saturated rings. The molecule has 1 saturated heterocycles. The number of piperidine rings is 1. The number of unbranched alkanes of at least 4 members (excludes halogenated alkanes) is 1. The molecular formula is C24H30N2S. The van der Waals surface area contributed by atoms with Gasteiger partial charge >= 0.3 is 0 Å². The van der Waals surface area contributed by atoms with Crippen molar-refractivity contribution in [3.63, 3.8) is 0 Å². The van der Waals surface area contributed by atoms with E-state index in [1.807, 2.05) is 0 Å². The topological polar surface area (TPSA) is 15.3 Å². The Hall–Kier alpha value is -1.45. The lowest BCUT2D eigenvalue weighted by molar-refractivity contribution is 0.403. The van der Waals surface area contributed by atoms with Crippen LogP contribution in [0.25, 0.3) is 11.1 Å². The molecule has 0 amide bonds. The summed E-state index contributed by atoms with van der Waals surface area (Å²) in [5, 5.41) is 3.65. The van der Waals surface area contributed by atoms with Gasteiger partial charge in [-0.25, -0.2) is 0 Å². The van der Waals surface area contributed by atoms with Crippen molar-refractivity contribution < 1.29 is 0 Å². The maximum atomic E-state index is 3.65. The second kappa shape index (κ2) is 7.52. The minimum Gasteiger partial charge on any atom is -0.367 e. The van der Waals surface area contributed by atoms with Gasteiger partial charge in [-0.3, -0.25) is 0 Å². The van der Waals surface area contributed by atoms with E-state index in [9.17, 15) is 0 Å². The molecule has 0 unspecified atom stereocenters. The molecule has 1 N–H and O–H groups in total. The van der Waals surface area contributed by atoms with Gasteiger partial charge in [-0.05, 0) is 72.4 Å². The van der Waals surface area contributed by atoms with Gasteiger partial charge in [0.25, 0.3) is 0 Å². The van der Waals surface area contributed by atoms with E-state index in [4.69, 9.17) is 0 Å². The SMILES string of the molecule is CCCCc1ccc(-c2cc3c4c(c2)[C@H]2CNCC[C@H]2N4CCCS3)cc1. The van der Waals surface area contributed by atoms with Crippen LogP contribution in [0.2, 0.25) is 0 Å². The average molecular weight is 379 g/mol. The fourth-order valence-electron chi connectivity index (χ4n) is 5.14. The molecule has 0 bridgehead atoms. The smallest absolute Gasteiger partial charge is 0.0544 e. The zero-order valence-corrected chi connectivity index (χ0v) is 17.2. The van der Waals surface area contributed by atoms with E-state index in [1.165, 1.54) is 72.5 Å². The van der Waals surface area contributed by atoms with Crippen LogP contribution in [0.1, 0.15) is 49.7 Å². The Labute approximate surface area is 167 Å². The largest absolute Gasteiger partial charge is 0.367 e. The van der Waals surface area contributed by atoms with Crippen molar-refractivity contribution in [3.05, 3.63) is 47.5 Å². The van der Waals surface area contributed by atoms with Crippen LogP contribution in [0, 0.1) is 0 Å². The van der Waals surface area contributed by atoms with Gasteiger partial charge in [-0.2, -0.15) is 0 Å². The molecule has 2 nitrogen and oxygen atoms in total. The van der Waals surface area contributed by atoms with Crippen molar-refractivity contribution >= 4 is 17.4 Å². The monoisotopic (exact) mass is 378 g/mol. The van der Waals surface area contributed by atoms with Crippen molar-refractivity contribution in [2.75, 3.05) is 30.3 Å². The molecule has 0 saturated carbocycles. The van der Waals surface area contributed by atoms with E-state index < -0.39 is 0 Å². The Balaban J connectivity index is 1.54. The van der Waals surface area contributed by atoms with Crippen LogP contribution in [0.4, 0.5) is 5.69 Å². The van der Waals surface area contributed by atoms with Gasteiger partial charge in [-0.15, -0.1) is 11.8 Å². The highest BCUT2D eigenvalue weighted by Gasteiger charge is 2.41. The second-order valence-corrected chi connectivity index (χ2v) is 9.41. The number of fused-ring (bicyclic) bond motifs is 3. The van der Waals surface area contributed by atoms with Crippen LogP contribution in [0.5, 0.6) is 0 Å². The first-order chi connectivity index (χ1) is 13.3. The molecule has 142 valence electrons. The van der Waals surface area contributed by atoms with E-state index in [1.54, 1.807) is 11.3 Å². The Morgan fingerprint density at radius 2 is 2.04 bits per heavy atom. The third-order valence-corrected chi connectivity index (χ3v) is 7.66. The lowest BCUT2D eigenvalue weighted by Crippen LogP contribution is -2.44. The number of nitrogens with one attached hydrogen (secondary N) is 1. The number of anilines is 1. The van der Waals surface area contributed by atoms with Gasteiger partial charge in [0.05, 0.1) is 5.69 Å². The first kappa shape index (κ1) is 17.6. The van der Waals surface area contributed by atoms with Crippen molar-refractivity contribution in [2.45, 2.75) is 55.9 Å². The molecule has 3 aliphatic heterocycles. The fourth-order valence-corrected chi connectivity index (χ4v) is 6.21. The molecule has 2 aromatic carbocycles. The average Bonchev–Trinajstić information content (AvgIpc) is 2.88. The number of hydrogen-bond donors (Lipinski definition) is 1. The minimum absolute atomic E-state index is 0.662. The Kier molecular flexibility index (Phi) is 4.91. The quantitative estimate of drug-likeness (QED) is 0.761. The lowest BCUT2D eigenvalue weighted by Gasteiger charge is -2.33. The highest BCUT2D eigenvalue weighted by atomic mass is 32.2. The highest BCUT2D eigenvalue weighted by Crippen LogP contribution is 2.51. The van der Waals surface area contributed by atoms with E-state index in [0.717, 1.165) is 6.54 Å². The third kappa shape index (κ3) is 3.19. The Bertz CT molecular complexity index is 814. The van der Waals surface area contributed by atoms with Crippen LogP contribution in [0.15, 0.2) is 41.3 Å². The summed E-state index contributed by atoms with van der Waals surface area (Å²) >= 11 is 2.07. The molecule has 27 heavy (non-hydrogen) atoms. The summed E-state index contributed by atoms with van der Waals surface area (Å²) < 4.78 is 0. The zero-order valence-electron chi connectivity index (χ0n) is 16.3. The van der Waals surface area contributed by atoms with Crippen LogP contribution < -0.4 is 10.2 Å². The predicted octanol–water partition coefficient (Wildman–Crippen LogP) is 5.46. The number of benzene rings is 2. The van der Waals surface area contributed by atoms with Crippen LogP contribution in [-0.4, -0.2) is 31.4 Å². The van der Waals surface area contributed by atoms with E-state index in [-0.39, 0.29) is 0 Å². The normalized spacial score (nSPS) is 23.7. The van der Waals surface area contributed by atoms with Gasteiger partial charge in [0, 0.05) is 29.9 Å². The zero-order chi connectivity index (χ0) is 18.2. The van der Waals surface area contributed by atoms with Crippen molar-refractivity contribution in [3.8, 4) is 11.1 Å². The molecule has 5 rings (SSSR count). The summed E-state index contributed by atoms with van der Waals surface area (Å²) in [6, 6.07) is 15.0. The summed E-state index contributed by atoms with van der Waals surface area (Å²) in [5.74, 6) is 1.91. The van der Waals surface area contributed by atoms with Crippen LogP contribution >= 0.6 is 11.8 Å². The maximum absolute atomic E-state index is 3.65. The van der Waals surface area contributed by atoms with Gasteiger partial charge in [0.2, 0.25) is 0 Å². The van der Waals surface area contributed by atoms with Gasteiger partial charge in [0.15, 0.2) is 0 Å². The van der Waals surface area contributed by atoms with Crippen molar-refractivity contribution in [2.24, 2.45) is 0 Å². The van der Waals surface area contributed by atoms with Gasteiger partial charge < -0.3 is 10.2 Å². The lowest BCUT2D eigenvalue weighted by atomic mass is 9.88. The molecule has 0 spiro atoms. The van der Waals surface area contributed by atoms with Crippen LogP contribution in [-0.2, 0) is 6.42 Å². The number of rotatable bonds is 4. The summed E-state index contributed by atoms with van der Waals surface area (Å²) in [6.45, 7) is 5.80. The van der Waals surface area contributed by atoms with Gasteiger partial charge in [0.1, 0.15) is 0 Å². The van der Waals surface area contributed by atoms with Crippen molar-refractivity contribution in [1.29, 1.82) is 0 Å². The predicted molar refractivity (Wildman–Crippen MR) is 117 cm³/mol. The Morgan fingerprint density at radius 3 is 2.89 bits per heavy atom. The molecular weight excluding hydrogens is 348 g/mol. The summed E-state index contributed by atoms with van der Waals surface area (Å²) in [6.07, 6.45) is 6.33. The third-order valence-electron chi connectivity index (χ3n) is 6.54. The van der Waals surface area contributed by atoms with E-state index >= 15 is 0 Å². The standard InChI is InChI=1S/C24H30N2S/c1-2-3-5-17-6-8-18(9-7-17)19-14-20-21-16-25-11-10-22(21)26-12-4-13-27-23(15-19)24(20)26/h6-9,14-15,21-22,25H,2-5,10-13,16H2,1H3/t21-,22-/m1/s1. The minimum atomic E-state index is 0.662. The number of thioether (sulfide) groups is 1. The Morgan fingerprint density at radius 1 is 1.15 bits per heavy atom. The maximum Gasteiger partial charge on any atom is 0.0544 e. The van der Waals surface area contributed by atoms with Crippen molar-refractivity contribution in [1.82, 2.24) is 5.32 Å². The molecule has 2 aromatic rings. The molecule has 3 heterocycles. The summed E-state index contributed by atoms with van der Waals surface area (Å²) in [5.41, 5.74) is 7.42. The fraction of sp³-hybridized carbons (Fsp3) is 0.500. The number of hydrogen-bond acceptors (Lipinski definition) is 3. The summed E-state index contributed by atoms with van der Waals surface area (Å²) in [4.78, 5) is 4.28. The van der Waals surface area contributed by atoms with E-state index in [0.29, 0.717) is 12.0 Å². The van der Waals surface area contributed by atoms with Crippen LogP contribution in [0.3, 0.4) is 0 Å². The highest BCUT2D eigenvalue weighted by molar-refractivity contribution is 7.99. The number of aryl methyl sites for hydroxylation is 1. The molecule has 0 aliphatic carbocycles. The molecule has 2 atom stereocenters. The summed E-state index contributed by atoms with van der Waals surface area (Å²) in [7, 11) is 0. The molecule has 0 aromatic heterocycles. The molecule has 0 radical (unpaired) electrons.